The number of ether oxygens (including phenoxy) is 1. The highest BCUT2D eigenvalue weighted by atomic mass is 19.4. The summed E-state index contributed by atoms with van der Waals surface area (Å²) in [5, 5.41) is 3.62. The standard InChI is InChI=1S/C13H12F4N2O4/c14-9-3-1-2-8(4-9)12(22)18-5-11(21)23-6-10(20)19-7-13(15,16)17/h1-4H,5-7H2,(H,18,22)(H,19,20). The fourth-order valence-corrected chi connectivity index (χ4v) is 1.33. The molecule has 0 bridgehead atoms. The third-order valence-electron chi connectivity index (χ3n) is 2.33. The summed E-state index contributed by atoms with van der Waals surface area (Å²) in [7, 11) is 0. The monoisotopic (exact) mass is 336 g/mol. The Kier molecular flexibility index (Phi) is 6.49. The first-order valence-electron chi connectivity index (χ1n) is 6.20. The second kappa shape index (κ2) is 8.11. The minimum atomic E-state index is -4.57. The van der Waals surface area contributed by atoms with Gasteiger partial charge in [0.25, 0.3) is 11.8 Å². The van der Waals surface area contributed by atoms with E-state index in [0.29, 0.717) is 0 Å². The molecule has 0 saturated heterocycles. The number of alkyl halides is 3. The molecule has 0 spiro atoms. The maximum absolute atomic E-state index is 12.9. The van der Waals surface area contributed by atoms with Gasteiger partial charge >= 0.3 is 12.1 Å². The third-order valence-corrected chi connectivity index (χ3v) is 2.33. The van der Waals surface area contributed by atoms with Crippen molar-refractivity contribution in [2.45, 2.75) is 6.18 Å². The summed E-state index contributed by atoms with van der Waals surface area (Å²) in [6.07, 6.45) is -4.57. The number of hydrogen-bond donors (Lipinski definition) is 2. The van der Waals surface area contributed by atoms with Crippen LogP contribution in [0.5, 0.6) is 0 Å². The molecule has 0 heterocycles. The van der Waals surface area contributed by atoms with E-state index in [9.17, 15) is 31.9 Å². The van der Waals surface area contributed by atoms with Gasteiger partial charge in [0.1, 0.15) is 18.9 Å². The molecule has 0 aromatic heterocycles. The smallest absolute Gasteiger partial charge is 0.405 e. The summed E-state index contributed by atoms with van der Waals surface area (Å²) in [4.78, 5) is 33.8. The number of esters is 1. The van der Waals surface area contributed by atoms with Gasteiger partial charge in [-0.1, -0.05) is 6.07 Å². The molecule has 126 valence electrons. The van der Waals surface area contributed by atoms with Crippen LogP contribution in [-0.2, 0) is 14.3 Å². The Morgan fingerprint density at radius 1 is 1.13 bits per heavy atom. The number of hydrogen-bond acceptors (Lipinski definition) is 4. The van der Waals surface area contributed by atoms with Crippen LogP contribution in [0.25, 0.3) is 0 Å². The molecule has 0 aliphatic heterocycles. The zero-order valence-corrected chi connectivity index (χ0v) is 11.6. The lowest BCUT2D eigenvalue weighted by Gasteiger charge is -2.09. The SMILES string of the molecule is O=C(COC(=O)CNC(=O)c1cccc(F)c1)NCC(F)(F)F. The molecule has 23 heavy (non-hydrogen) atoms. The van der Waals surface area contributed by atoms with E-state index in [1.54, 1.807) is 0 Å². The van der Waals surface area contributed by atoms with Crippen LogP contribution in [0.1, 0.15) is 10.4 Å². The van der Waals surface area contributed by atoms with Crippen LogP contribution < -0.4 is 10.6 Å². The fraction of sp³-hybridized carbons (Fsp3) is 0.308. The summed E-state index contributed by atoms with van der Waals surface area (Å²) in [5.41, 5.74) is -0.0271. The summed E-state index contributed by atoms with van der Waals surface area (Å²) in [5.74, 6) is -3.55. The van der Waals surface area contributed by atoms with Crippen molar-refractivity contribution in [3.8, 4) is 0 Å². The molecule has 0 fully saturated rings. The van der Waals surface area contributed by atoms with E-state index in [-0.39, 0.29) is 5.56 Å². The number of benzene rings is 1. The van der Waals surface area contributed by atoms with Crippen LogP contribution in [0.3, 0.4) is 0 Å². The van der Waals surface area contributed by atoms with Crippen LogP contribution in [-0.4, -0.2) is 43.7 Å². The van der Waals surface area contributed by atoms with E-state index in [1.807, 2.05) is 0 Å². The Morgan fingerprint density at radius 3 is 2.43 bits per heavy atom. The highest BCUT2D eigenvalue weighted by molar-refractivity contribution is 5.96. The molecular formula is C13H12F4N2O4. The van der Waals surface area contributed by atoms with Gasteiger partial charge < -0.3 is 15.4 Å². The molecule has 0 unspecified atom stereocenters. The van der Waals surface area contributed by atoms with Crippen molar-refractivity contribution in [1.82, 2.24) is 10.6 Å². The van der Waals surface area contributed by atoms with E-state index in [0.717, 1.165) is 12.1 Å². The molecule has 6 nitrogen and oxygen atoms in total. The predicted molar refractivity (Wildman–Crippen MR) is 68.8 cm³/mol. The molecule has 1 aromatic rings. The van der Waals surface area contributed by atoms with Crippen molar-refractivity contribution >= 4 is 17.8 Å². The molecule has 0 atom stereocenters. The molecule has 1 rings (SSSR count). The molecule has 2 N–H and O–H groups in total. The minimum Gasteiger partial charge on any atom is -0.454 e. The Balaban J connectivity index is 2.29. The van der Waals surface area contributed by atoms with E-state index >= 15 is 0 Å². The van der Waals surface area contributed by atoms with Crippen LogP contribution >= 0.6 is 0 Å². The zero-order chi connectivity index (χ0) is 17.5. The van der Waals surface area contributed by atoms with Crippen molar-refractivity contribution in [2.75, 3.05) is 19.7 Å². The zero-order valence-electron chi connectivity index (χ0n) is 11.6. The molecule has 0 aliphatic carbocycles. The van der Waals surface area contributed by atoms with E-state index in [1.165, 1.54) is 17.4 Å². The van der Waals surface area contributed by atoms with Gasteiger partial charge in [0.05, 0.1) is 0 Å². The minimum absolute atomic E-state index is 0.0271. The topological polar surface area (TPSA) is 84.5 Å². The summed E-state index contributed by atoms with van der Waals surface area (Å²) < 4.78 is 52.7. The molecule has 0 saturated carbocycles. The van der Waals surface area contributed by atoms with Gasteiger partial charge in [0.15, 0.2) is 6.61 Å². The number of amides is 2. The lowest BCUT2D eigenvalue weighted by atomic mass is 10.2. The maximum atomic E-state index is 12.9. The molecule has 2 amide bonds. The average molecular weight is 336 g/mol. The number of carbonyl (C=O) groups is 3. The predicted octanol–water partition coefficient (Wildman–Crippen LogP) is 0.777. The van der Waals surface area contributed by atoms with E-state index < -0.39 is 49.5 Å². The van der Waals surface area contributed by atoms with Crippen molar-refractivity contribution < 1.29 is 36.7 Å². The lowest BCUT2D eigenvalue weighted by Crippen LogP contribution is -2.37. The molecular weight excluding hydrogens is 324 g/mol. The number of carbonyl (C=O) groups excluding carboxylic acids is 3. The first kappa shape index (κ1) is 18.4. The Bertz CT molecular complexity index is 590. The lowest BCUT2D eigenvalue weighted by molar-refractivity contribution is -0.150. The Morgan fingerprint density at radius 2 is 1.83 bits per heavy atom. The van der Waals surface area contributed by atoms with Gasteiger partial charge in [-0.2, -0.15) is 13.2 Å². The van der Waals surface area contributed by atoms with Gasteiger partial charge in [-0.3, -0.25) is 14.4 Å². The van der Waals surface area contributed by atoms with Crippen molar-refractivity contribution in [3.05, 3.63) is 35.6 Å². The molecule has 1 aromatic carbocycles. The van der Waals surface area contributed by atoms with E-state index in [2.05, 4.69) is 10.1 Å². The number of rotatable bonds is 6. The van der Waals surface area contributed by atoms with Gasteiger partial charge in [-0.05, 0) is 18.2 Å². The van der Waals surface area contributed by atoms with Crippen molar-refractivity contribution in [2.24, 2.45) is 0 Å². The van der Waals surface area contributed by atoms with Gasteiger partial charge in [-0.25, -0.2) is 4.39 Å². The average Bonchev–Trinajstić information content (AvgIpc) is 2.47. The largest absolute Gasteiger partial charge is 0.454 e. The van der Waals surface area contributed by atoms with Gasteiger partial charge in [-0.15, -0.1) is 0 Å². The molecule has 10 heteroatoms. The fourth-order valence-electron chi connectivity index (χ4n) is 1.33. The van der Waals surface area contributed by atoms with Crippen molar-refractivity contribution in [3.63, 3.8) is 0 Å². The maximum Gasteiger partial charge on any atom is 0.405 e. The Labute approximate surface area is 127 Å². The second-order valence-electron chi connectivity index (χ2n) is 4.25. The van der Waals surface area contributed by atoms with Gasteiger partial charge in [0, 0.05) is 5.56 Å². The van der Waals surface area contributed by atoms with Crippen LogP contribution in [0.4, 0.5) is 17.6 Å². The molecule has 0 aliphatic rings. The number of halogens is 4. The van der Waals surface area contributed by atoms with Crippen molar-refractivity contribution in [1.29, 1.82) is 0 Å². The van der Waals surface area contributed by atoms with Crippen LogP contribution in [0, 0.1) is 5.82 Å². The summed E-state index contributed by atoms with van der Waals surface area (Å²) >= 11 is 0. The normalized spacial score (nSPS) is 10.8. The highest BCUT2D eigenvalue weighted by Gasteiger charge is 2.27. The molecule has 0 radical (unpaired) electrons. The van der Waals surface area contributed by atoms with Crippen LogP contribution in [0.15, 0.2) is 24.3 Å². The second-order valence-corrected chi connectivity index (χ2v) is 4.25. The summed E-state index contributed by atoms with van der Waals surface area (Å²) in [6.45, 7) is -3.08. The quantitative estimate of drug-likeness (QED) is 0.594. The first-order valence-corrected chi connectivity index (χ1v) is 6.20. The third kappa shape index (κ3) is 7.79. The van der Waals surface area contributed by atoms with Gasteiger partial charge in [0.2, 0.25) is 0 Å². The summed E-state index contributed by atoms with van der Waals surface area (Å²) in [6, 6.07) is 4.69. The Hall–Kier alpha value is -2.65. The van der Waals surface area contributed by atoms with E-state index in [4.69, 9.17) is 0 Å². The highest BCUT2D eigenvalue weighted by Crippen LogP contribution is 2.11. The number of nitrogens with one attached hydrogen (secondary N) is 2. The first-order chi connectivity index (χ1) is 10.7. The van der Waals surface area contributed by atoms with Crippen LogP contribution in [0.2, 0.25) is 0 Å².